The molecule has 8 N–H and O–H groups in total. The van der Waals surface area contributed by atoms with Crippen LogP contribution < -0.4 is 21.3 Å². The van der Waals surface area contributed by atoms with Crippen molar-refractivity contribution in [1.82, 2.24) is 31.1 Å². The molecule has 3 aliphatic carbocycles. The van der Waals surface area contributed by atoms with Gasteiger partial charge >= 0.3 is 33.4 Å². The first kappa shape index (κ1) is 64.2. The van der Waals surface area contributed by atoms with Crippen LogP contribution in [0.2, 0.25) is 6.32 Å². The van der Waals surface area contributed by atoms with Crippen molar-refractivity contribution >= 4 is 45.2 Å². The molecule has 3 saturated carbocycles. The lowest BCUT2D eigenvalue weighted by Crippen LogP contribution is -2.65. The van der Waals surface area contributed by atoms with Crippen molar-refractivity contribution in [1.29, 1.82) is 0 Å². The minimum atomic E-state index is -1.71. The molecule has 3 aliphatic heterocycles. The molecule has 18 nitrogen and oxygen atoms in total. The molecule has 3 saturated heterocycles. The van der Waals surface area contributed by atoms with Crippen LogP contribution in [-0.2, 0) is 31.7 Å². The standard InChI is InChI=1S/C32H45BN4O4.C22H31BN4O4.C4H11BO2/c1-21(2)16-25(34-6)29(38)37-15-11-10-14-24(37)20-35-30(39)36-28(17-22-12-8-7-9-13-22)33-40-27-19-23-18-26(31(23,3)4)32(27,5)41-33;1-16(2)13-19(24-3)21(28)27-12-8-7-11-18(27)15-25-22(29)26-20(23(30)31)14-17-9-5-4-6-10-17;1-4(2)3-5(6)7/h7-9,12-13,16,21,23-24,26-28H,10-11,14-15,17-20H2,1-5H3,(H2,35,36,39);4-6,9-10,13,16,18,20,30-31H,7-8,11-12,14-15H2,1-2H3,(H2,25,26,29);4,6-7H,3H2,1-2H3/t23-,24+,26-,27+,28-,32-;18-,20+;/m01./s1. The third kappa shape index (κ3) is 18.4. The van der Waals surface area contributed by atoms with Gasteiger partial charge in [-0.05, 0) is 124 Å². The Morgan fingerprint density at radius 2 is 1.20 bits per heavy atom. The summed E-state index contributed by atoms with van der Waals surface area (Å²) in [5, 5.41) is 47.4. The Labute approximate surface area is 471 Å². The maximum atomic E-state index is 13.3. The third-order valence-electron chi connectivity index (χ3n) is 16.0. The summed E-state index contributed by atoms with van der Waals surface area (Å²) in [5.41, 5.74) is 2.12. The van der Waals surface area contributed by atoms with Crippen molar-refractivity contribution < 1.29 is 48.6 Å². The highest BCUT2D eigenvalue weighted by molar-refractivity contribution is 6.48. The number of nitrogens with one attached hydrogen (secondary N) is 4. The van der Waals surface area contributed by atoms with E-state index in [0.29, 0.717) is 50.1 Å². The second-order valence-corrected chi connectivity index (χ2v) is 23.8. The van der Waals surface area contributed by atoms with Gasteiger partial charge < -0.3 is 60.5 Å². The van der Waals surface area contributed by atoms with Crippen molar-refractivity contribution in [3.05, 3.63) is 118 Å². The van der Waals surface area contributed by atoms with Crippen LogP contribution in [0.4, 0.5) is 9.59 Å². The van der Waals surface area contributed by atoms with Gasteiger partial charge in [-0.3, -0.25) is 9.59 Å². The first-order valence-corrected chi connectivity index (χ1v) is 28.5. The molecule has 428 valence electrons. The zero-order valence-corrected chi connectivity index (χ0v) is 48.1. The number of hydrogen-bond acceptors (Lipinski definition) is 10. The molecule has 21 heteroatoms. The molecule has 0 unspecified atom stereocenters. The predicted octanol–water partition coefficient (Wildman–Crippen LogP) is 6.87. The van der Waals surface area contributed by atoms with E-state index in [1.54, 1.807) is 22.0 Å². The molecule has 6 fully saturated rings. The number of nitrogens with zero attached hydrogens (tertiary/aromatic N) is 4. The maximum absolute atomic E-state index is 13.3. The summed E-state index contributed by atoms with van der Waals surface area (Å²) in [5.74, 6) is -0.116. The fraction of sp³-hybridized carbons (Fsp3) is 0.621. The van der Waals surface area contributed by atoms with Crippen molar-refractivity contribution in [3.8, 4) is 0 Å². The Kier molecular flexibility index (Phi) is 24.6. The minimum Gasteiger partial charge on any atom is -0.427 e. The molecule has 6 amide bonds. The van der Waals surface area contributed by atoms with Gasteiger partial charge in [0.1, 0.15) is 0 Å². The number of carbonyl (C=O) groups is 4. The molecule has 3 heterocycles. The minimum absolute atomic E-state index is 0.0322. The van der Waals surface area contributed by atoms with E-state index < -0.39 is 33.3 Å². The number of amides is 6. The molecule has 8 atom stereocenters. The van der Waals surface area contributed by atoms with Gasteiger partial charge in [-0.25, -0.2) is 19.3 Å². The Morgan fingerprint density at radius 3 is 1.62 bits per heavy atom. The summed E-state index contributed by atoms with van der Waals surface area (Å²) in [7, 11) is -3.37. The molecular weight excluding hydrogens is 1000 g/mol. The van der Waals surface area contributed by atoms with Gasteiger partial charge in [0.2, 0.25) is 11.4 Å². The van der Waals surface area contributed by atoms with E-state index >= 15 is 0 Å². The van der Waals surface area contributed by atoms with E-state index in [-0.39, 0.29) is 89.2 Å². The maximum Gasteiger partial charge on any atom is 0.482 e. The molecule has 79 heavy (non-hydrogen) atoms. The zero-order valence-electron chi connectivity index (χ0n) is 48.1. The van der Waals surface area contributed by atoms with Gasteiger partial charge in [-0.1, -0.05) is 128 Å². The normalized spacial score (nSPS) is 23.9. The molecule has 0 radical (unpaired) electrons. The quantitative estimate of drug-likeness (QED) is 0.0439. The van der Waals surface area contributed by atoms with Gasteiger partial charge in [0.15, 0.2) is 0 Å². The largest absolute Gasteiger partial charge is 0.482 e. The van der Waals surface area contributed by atoms with Crippen LogP contribution in [-0.4, -0.2) is 137 Å². The molecule has 2 aromatic rings. The van der Waals surface area contributed by atoms with E-state index in [9.17, 15) is 29.2 Å². The summed E-state index contributed by atoms with van der Waals surface area (Å²) in [4.78, 5) is 62.1. The lowest BCUT2D eigenvalue weighted by atomic mass is 9.43. The first-order chi connectivity index (χ1) is 37.5. The third-order valence-corrected chi connectivity index (χ3v) is 16.0. The van der Waals surface area contributed by atoms with Crippen LogP contribution in [0.15, 0.2) is 84.2 Å². The summed E-state index contributed by atoms with van der Waals surface area (Å²) >= 11 is 0. The highest BCUT2D eigenvalue weighted by atomic mass is 16.7. The fourth-order valence-electron chi connectivity index (χ4n) is 11.7. The van der Waals surface area contributed by atoms with Crippen molar-refractivity contribution in [2.45, 2.75) is 169 Å². The summed E-state index contributed by atoms with van der Waals surface area (Å²) in [6.07, 6.45) is 12.1. The van der Waals surface area contributed by atoms with Gasteiger partial charge in [0.25, 0.3) is 11.8 Å². The van der Waals surface area contributed by atoms with E-state index in [0.717, 1.165) is 56.1 Å². The second-order valence-electron chi connectivity index (χ2n) is 23.8. The van der Waals surface area contributed by atoms with E-state index in [4.69, 9.17) is 32.5 Å². The smallest absolute Gasteiger partial charge is 0.427 e. The average Bonchev–Trinajstić information content (AvgIpc) is 3.98. The molecule has 8 rings (SSSR count). The van der Waals surface area contributed by atoms with Crippen LogP contribution in [0.5, 0.6) is 0 Å². The average molecular weight is 1090 g/mol. The van der Waals surface area contributed by atoms with Gasteiger partial charge in [0.05, 0.1) is 36.7 Å². The van der Waals surface area contributed by atoms with Crippen LogP contribution in [0.1, 0.15) is 125 Å². The van der Waals surface area contributed by atoms with Crippen LogP contribution in [0, 0.1) is 48.1 Å². The number of allylic oxidation sites excluding steroid dienone is 2. The highest BCUT2D eigenvalue weighted by Crippen LogP contribution is 2.65. The van der Waals surface area contributed by atoms with E-state index in [1.807, 2.05) is 90.1 Å². The summed E-state index contributed by atoms with van der Waals surface area (Å²) in [6.45, 7) is 35.0. The Morgan fingerprint density at radius 1 is 0.722 bits per heavy atom. The second kappa shape index (κ2) is 30.2. The van der Waals surface area contributed by atoms with Gasteiger partial charge in [-0.2, -0.15) is 0 Å². The van der Waals surface area contributed by atoms with E-state index in [2.05, 4.69) is 63.9 Å². The number of piperidine rings is 2. The Balaban J connectivity index is 0.000000268. The highest BCUT2D eigenvalue weighted by Gasteiger charge is 2.68. The molecule has 2 aromatic carbocycles. The van der Waals surface area contributed by atoms with Crippen LogP contribution >= 0.6 is 0 Å². The number of benzene rings is 2. The number of hydrogen-bond donors (Lipinski definition) is 8. The van der Waals surface area contributed by atoms with Crippen molar-refractivity contribution in [2.24, 2.45) is 35.0 Å². The lowest BCUT2D eigenvalue weighted by molar-refractivity contribution is -0.199. The molecule has 0 spiro atoms. The van der Waals surface area contributed by atoms with Gasteiger partial charge in [0, 0.05) is 38.3 Å². The number of likely N-dealkylation sites (tertiary alicyclic amines) is 2. The van der Waals surface area contributed by atoms with E-state index in [1.165, 1.54) is 6.42 Å². The van der Waals surface area contributed by atoms with Crippen molar-refractivity contribution in [3.63, 3.8) is 0 Å². The molecule has 2 bridgehead atoms. The zero-order chi connectivity index (χ0) is 58.0. The molecule has 6 aliphatic rings. The lowest BCUT2D eigenvalue weighted by Gasteiger charge is -2.64. The Hall–Kier alpha value is -5.67. The Bertz CT molecular complexity index is 2450. The summed E-state index contributed by atoms with van der Waals surface area (Å²) < 4.78 is 13.3. The summed E-state index contributed by atoms with van der Waals surface area (Å²) in [6, 6.07) is 18.1. The number of urea groups is 2. The van der Waals surface area contributed by atoms with Gasteiger partial charge in [-0.15, -0.1) is 0 Å². The van der Waals surface area contributed by atoms with Crippen molar-refractivity contribution in [2.75, 3.05) is 26.2 Å². The van der Waals surface area contributed by atoms with Crippen LogP contribution in [0.25, 0.3) is 9.69 Å². The number of rotatable bonds is 18. The first-order valence-electron chi connectivity index (χ1n) is 28.5. The topological polar surface area (TPSA) is 231 Å². The molecular formula is C58H87B3N8O10. The number of carbonyl (C=O) groups excluding carboxylic acids is 4. The predicted molar refractivity (Wildman–Crippen MR) is 309 cm³/mol. The molecule has 0 aromatic heterocycles. The fourth-order valence-corrected chi connectivity index (χ4v) is 11.7. The van der Waals surface area contributed by atoms with Crippen LogP contribution in [0.3, 0.4) is 0 Å². The SMILES string of the molecule is CC(C)CB(O)O.[C-]#[N+]C(=CC(C)C)C(=O)N1CCCC[C@@H]1CNC(=O)N[C@@H](Cc1ccccc1)B(O)O.[C-]#[N+]C(=CC(C)C)C(=O)N1CCCC[C@@H]1CNC(=O)N[C@@H](Cc1ccccc1)B1O[C@@H]2C[C@@H]3C[C@@H](C3(C)C)[C@]2(C)O1. The monoisotopic (exact) mass is 1090 g/mol.